The van der Waals surface area contributed by atoms with Gasteiger partial charge in [0.25, 0.3) is 5.69 Å². The van der Waals surface area contributed by atoms with Crippen LogP contribution in [0.4, 0.5) is 16.2 Å². The molecule has 2 fully saturated rings. The minimum absolute atomic E-state index is 0.00661. The number of aliphatic hydroxyl groups is 2. The minimum Gasteiger partial charge on any atom is -0.491 e. The maximum atomic E-state index is 16.7. The van der Waals surface area contributed by atoms with Gasteiger partial charge in [-0.1, -0.05) is 145 Å². The summed E-state index contributed by atoms with van der Waals surface area (Å²) in [6, 6.07) is 50.8. The van der Waals surface area contributed by atoms with Crippen molar-refractivity contribution in [2.75, 3.05) is 38.3 Å². The zero-order valence-electron chi connectivity index (χ0n) is 42.5. The van der Waals surface area contributed by atoms with Crippen molar-refractivity contribution in [3.63, 3.8) is 0 Å². The second kappa shape index (κ2) is 23.1. The Bertz CT molecular complexity index is 3360. The van der Waals surface area contributed by atoms with Crippen LogP contribution in [-0.4, -0.2) is 88.2 Å². The van der Waals surface area contributed by atoms with Crippen LogP contribution >= 0.6 is 0 Å². The number of carbonyl (C=O) groups excluding carboxylic acids is 4. The number of imide groups is 1. The second-order valence-corrected chi connectivity index (χ2v) is 19.4. The topological polar surface area (TPSA) is 201 Å². The van der Waals surface area contributed by atoms with Crippen LogP contribution in [0.1, 0.15) is 68.8 Å². The maximum absolute atomic E-state index is 16.7. The molecule has 394 valence electrons. The number of hydrogen-bond acceptors (Lipinski definition) is 13. The Labute approximate surface area is 450 Å². The number of nitrogens with zero attached hydrogens (tertiary/aromatic N) is 4. The molecular weight excluding hydrogens is 991 g/mol. The molecule has 7 aromatic carbocycles. The Morgan fingerprint density at radius 1 is 0.795 bits per heavy atom. The molecule has 3 heterocycles. The zero-order valence-corrected chi connectivity index (χ0v) is 42.5. The Hall–Kier alpha value is -8.98. The number of non-ortho nitro benzene ring substituents is 1. The molecule has 0 saturated carbocycles. The van der Waals surface area contributed by atoms with E-state index in [0.29, 0.717) is 52.2 Å². The molecule has 0 radical (unpaired) electrons. The highest BCUT2D eigenvalue weighted by atomic mass is 16.6. The predicted octanol–water partition coefficient (Wildman–Crippen LogP) is 8.30. The first kappa shape index (κ1) is 52.5. The molecule has 0 bridgehead atoms. The van der Waals surface area contributed by atoms with E-state index in [-0.39, 0.29) is 43.3 Å². The van der Waals surface area contributed by atoms with E-state index >= 15 is 14.4 Å². The molecule has 78 heavy (non-hydrogen) atoms. The summed E-state index contributed by atoms with van der Waals surface area (Å²) < 4.78 is 18.3. The van der Waals surface area contributed by atoms with Crippen molar-refractivity contribution in [3.05, 3.63) is 243 Å². The lowest BCUT2D eigenvalue weighted by atomic mass is 9.65. The fraction of sp³-hybridized carbons (Fsp3) is 0.226. The van der Waals surface area contributed by atoms with E-state index in [1.165, 1.54) is 24.3 Å². The summed E-state index contributed by atoms with van der Waals surface area (Å²) in [6.07, 6.45) is -3.31. The Morgan fingerprint density at radius 2 is 1.44 bits per heavy atom. The highest BCUT2D eigenvalue weighted by molar-refractivity contribution is 6.23. The number of cyclic esters (lactones) is 1. The van der Waals surface area contributed by atoms with Gasteiger partial charge in [0, 0.05) is 30.8 Å². The van der Waals surface area contributed by atoms with Crippen molar-refractivity contribution in [1.82, 2.24) is 15.1 Å². The number of esters is 1. The van der Waals surface area contributed by atoms with Gasteiger partial charge in [0.15, 0.2) is 0 Å². The summed E-state index contributed by atoms with van der Waals surface area (Å²) in [4.78, 5) is 78.9. The maximum Gasteiger partial charge on any atom is 0.421 e. The van der Waals surface area contributed by atoms with Crippen LogP contribution in [0.25, 0.3) is 0 Å². The second-order valence-electron chi connectivity index (χ2n) is 19.4. The number of rotatable bonds is 16. The number of nitro groups is 1. The minimum atomic E-state index is -2.18. The number of nitro benzene ring substituents is 1. The number of fused-ring (bicyclic) bond motifs is 3. The van der Waals surface area contributed by atoms with E-state index < -0.39 is 70.5 Å². The molecule has 10 rings (SSSR count). The average Bonchev–Trinajstić information content (AvgIpc) is 2.70. The van der Waals surface area contributed by atoms with Gasteiger partial charge in [0.2, 0.25) is 11.8 Å². The normalized spacial score (nSPS) is 20.7. The van der Waals surface area contributed by atoms with Crippen LogP contribution in [0.2, 0.25) is 0 Å². The number of morpholine rings is 1. The summed E-state index contributed by atoms with van der Waals surface area (Å²) in [5.74, 6) is 2.77. The number of amides is 3. The van der Waals surface area contributed by atoms with Crippen LogP contribution in [0.3, 0.4) is 0 Å². The van der Waals surface area contributed by atoms with Gasteiger partial charge in [0.1, 0.15) is 36.5 Å². The molecule has 3 N–H and O–H groups in total. The van der Waals surface area contributed by atoms with E-state index in [2.05, 4.69) is 17.2 Å². The van der Waals surface area contributed by atoms with Crippen molar-refractivity contribution < 1.29 is 48.5 Å². The summed E-state index contributed by atoms with van der Waals surface area (Å²) in [6.45, 7) is -0.00376. The van der Waals surface area contributed by atoms with E-state index in [4.69, 9.17) is 14.2 Å². The monoisotopic (exact) mass is 1050 g/mol. The van der Waals surface area contributed by atoms with Crippen LogP contribution in [0.15, 0.2) is 188 Å². The van der Waals surface area contributed by atoms with Gasteiger partial charge in [0.05, 0.1) is 47.9 Å². The summed E-state index contributed by atoms with van der Waals surface area (Å²) in [7, 11) is 1.94. The average molecular weight is 1050 g/mol. The van der Waals surface area contributed by atoms with Crippen molar-refractivity contribution in [1.29, 1.82) is 0 Å². The first-order valence-corrected chi connectivity index (χ1v) is 25.5. The molecule has 3 aliphatic rings. The molecular formula is C62H55N5O11. The third-order valence-electron chi connectivity index (χ3n) is 14.5. The van der Waals surface area contributed by atoms with Crippen molar-refractivity contribution in [3.8, 4) is 17.6 Å². The number of carbonyl (C=O) groups is 4. The standard InChI is InChI=1S/C62H55N5O11/c1-64(39-42-15-6-2-7-16-42)34-14-17-41-26-33-51-50(37-41)62(60(72)65(51)61(73)77-40-43-24-29-48(30-25-43)67(74)75)53(58(70)63-38-52(69)44-18-8-3-9-19-44)55-59(71)78-56(46-22-12-5-13-23-46)54(45-20-10-4-11-21-45)66(55)57(62)47-27-31-49(32-28-47)76-36-35-68/h2-13,15-16,18-33,37,52-57,68-69H,34-36,38-40H2,1H3,(H,63,70). The summed E-state index contributed by atoms with van der Waals surface area (Å²) in [5.41, 5.74) is 2.15. The van der Waals surface area contributed by atoms with E-state index in [0.717, 1.165) is 10.5 Å². The van der Waals surface area contributed by atoms with Gasteiger partial charge in [-0.15, -0.1) is 0 Å². The third-order valence-corrected chi connectivity index (χ3v) is 14.5. The van der Waals surface area contributed by atoms with Gasteiger partial charge >= 0.3 is 12.1 Å². The number of benzene rings is 7. The highest BCUT2D eigenvalue weighted by Gasteiger charge is 2.75. The van der Waals surface area contributed by atoms with Crippen molar-refractivity contribution in [2.45, 2.75) is 48.9 Å². The molecule has 7 unspecified atom stereocenters. The molecule has 7 atom stereocenters. The lowest BCUT2D eigenvalue weighted by Crippen LogP contribution is -2.56. The highest BCUT2D eigenvalue weighted by Crippen LogP contribution is 2.66. The van der Waals surface area contributed by atoms with Gasteiger partial charge < -0.3 is 29.7 Å². The molecule has 16 heteroatoms. The van der Waals surface area contributed by atoms with E-state index in [1.54, 1.807) is 72.8 Å². The Kier molecular flexibility index (Phi) is 15.5. The molecule has 0 aliphatic carbocycles. The van der Waals surface area contributed by atoms with Gasteiger partial charge in [-0.05, 0) is 88.5 Å². The smallest absolute Gasteiger partial charge is 0.421 e. The van der Waals surface area contributed by atoms with Crippen LogP contribution < -0.4 is 15.0 Å². The van der Waals surface area contributed by atoms with Crippen molar-refractivity contribution in [2.24, 2.45) is 5.92 Å². The van der Waals surface area contributed by atoms with Gasteiger partial charge in [-0.3, -0.25) is 34.3 Å². The van der Waals surface area contributed by atoms with Crippen LogP contribution in [0.5, 0.6) is 5.75 Å². The first-order valence-electron chi connectivity index (χ1n) is 25.5. The van der Waals surface area contributed by atoms with Gasteiger partial charge in [-0.2, -0.15) is 0 Å². The number of aliphatic hydroxyl groups excluding tert-OH is 2. The fourth-order valence-corrected chi connectivity index (χ4v) is 11.1. The molecule has 3 amide bonds. The third kappa shape index (κ3) is 10.3. The zero-order chi connectivity index (χ0) is 54.3. The number of hydrogen-bond donors (Lipinski definition) is 3. The van der Waals surface area contributed by atoms with Crippen LogP contribution in [0, 0.1) is 27.9 Å². The molecule has 2 saturated heterocycles. The molecule has 0 aromatic heterocycles. The first-order chi connectivity index (χ1) is 38.0. The quantitative estimate of drug-likeness (QED) is 0.0362. The predicted molar refractivity (Wildman–Crippen MR) is 288 cm³/mol. The lowest BCUT2D eigenvalue weighted by Gasteiger charge is -2.46. The lowest BCUT2D eigenvalue weighted by molar-refractivity contribution is -0.384. The molecule has 16 nitrogen and oxygen atoms in total. The van der Waals surface area contributed by atoms with Gasteiger partial charge in [-0.25, -0.2) is 9.69 Å². The Morgan fingerprint density at radius 3 is 2.09 bits per heavy atom. The molecule has 1 spiro atoms. The number of nitrogens with one attached hydrogen (secondary N) is 1. The fourth-order valence-electron chi connectivity index (χ4n) is 11.1. The SMILES string of the molecule is CN(CC#Cc1ccc2c(c1)C1(C(=O)N2C(=O)OCc2ccc([N+](=O)[O-])cc2)C(C(=O)NCC(O)c2ccccc2)C2C(=O)OC(c3ccccc3)C(c3ccccc3)N2C1c1ccc(OCCO)cc1)Cc1ccccc1. The Balaban J connectivity index is 1.19. The largest absolute Gasteiger partial charge is 0.491 e. The molecule has 3 aliphatic heterocycles. The summed E-state index contributed by atoms with van der Waals surface area (Å²) >= 11 is 0. The summed E-state index contributed by atoms with van der Waals surface area (Å²) in [5, 5.41) is 35.6. The number of anilines is 1. The van der Waals surface area contributed by atoms with E-state index in [1.807, 2.05) is 108 Å². The molecule has 7 aromatic rings. The van der Waals surface area contributed by atoms with Crippen LogP contribution in [-0.2, 0) is 42.4 Å². The van der Waals surface area contributed by atoms with Crippen molar-refractivity contribution >= 4 is 35.3 Å². The van der Waals surface area contributed by atoms with E-state index in [9.17, 15) is 25.1 Å². The number of ether oxygens (including phenoxy) is 3.